The Morgan fingerprint density at radius 3 is 2.96 bits per heavy atom. The highest BCUT2D eigenvalue weighted by molar-refractivity contribution is 5.75. The summed E-state index contributed by atoms with van der Waals surface area (Å²) in [6, 6.07) is 12.3. The molecule has 0 bridgehead atoms. The molecule has 0 aliphatic carbocycles. The number of aromatic nitrogens is 1. The molecule has 1 N–H and O–H groups in total. The minimum atomic E-state index is 0.0261. The number of benzene rings is 1. The fourth-order valence-electron chi connectivity index (χ4n) is 3.80. The second-order valence-electron chi connectivity index (χ2n) is 6.81. The molecule has 0 radical (unpaired) electrons. The lowest BCUT2D eigenvalue weighted by molar-refractivity contribution is 0.182. The lowest BCUT2D eigenvalue weighted by Crippen LogP contribution is -2.43. The number of fused-ring (bicyclic) bond motifs is 1. The summed E-state index contributed by atoms with van der Waals surface area (Å²) in [5.74, 6) is 1.29. The van der Waals surface area contributed by atoms with Crippen LogP contribution in [0.5, 0.6) is 5.75 Å². The van der Waals surface area contributed by atoms with E-state index in [1.54, 1.807) is 12.4 Å². The number of pyridine rings is 1. The van der Waals surface area contributed by atoms with E-state index in [-0.39, 0.29) is 12.1 Å². The van der Waals surface area contributed by atoms with Gasteiger partial charge < -0.3 is 15.0 Å². The van der Waals surface area contributed by atoms with E-state index in [0.717, 1.165) is 37.1 Å². The van der Waals surface area contributed by atoms with Gasteiger partial charge in [-0.25, -0.2) is 4.79 Å². The van der Waals surface area contributed by atoms with Gasteiger partial charge in [-0.1, -0.05) is 18.2 Å². The number of carbonyl (C=O) groups is 1. The molecule has 25 heavy (non-hydrogen) atoms. The van der Waals surface area contributed by atoms with E-state index in [1.165, 1.54) is 5.56 Å². The predicted molar refractivity (Wildman–Crippen MR) is 95.4 cm³/mol. The minimum Gasteiger partial charge on any atom is -0.493 e. The first-order chi connectivity index (χ1) is 12.3. The van der Waals surface area contributed by atoms with E-state index in [0.29, 0.717) is 19.1 Å². The number of ether oxygens (including phenoxy) is 1. The number of para-hydroxylation sites is 1. The maximum Gasteiger partial charge on any atom is 0.317 e. The molecule has 5 nitrogen and oxygen atoms in total. The van der Waals surface area contributed by atoms with Crippen LogP contribution in [0.2, 0.25) is 0 Å². The van der Waals surface area contributed by atoms with Gasteiger partial charge in [0.25, 0.3) is 0 Å². The first-order valence-electron chi connectivity index (χ1n) is 8.96. The smallest absolute Gasteiger partial charge is 0.317 e. The Balaban J connectivity index is 1.35. The van der Waals surface area contributed by atoms with Crippen LogP contribution in [0.1, 0.15) is 30.0 Å². The van der Waals surface area contributed by atoms with Crippen molar-refractivity contribution in [3.8, 4) is 5.75 Å². The molecule has 0 unspecified atom stereocenters. The summed E-state index contributed by atoms with van der Waals surface area (Å²) in [5, 5.41) is 3.12. The van der Waals surface area contributed by atoms with E-state index in [4.69, 9.17) is 4.74 Å². The number of nitrogens with one attached hydrogen (secondary N) is 1. The van der Waals surface area contributed by atoms with Crippen molar-refractivity contribution < 1.29 is 9.53 Å². The summed E-state index contributed by atoms with van der Waals surface area (Å²) < 4.78 is 5.81. The van der Waals surface area contributed by atoms with Crippen LogP contribution >= 0.6 is 0 Å². The van der Waals surface area contributed by atoms with Crippen molar-refractivity contribution in [1.82, 2.24) is 15.2 Å². The van der Waals surface area contributed by atoms with Crippen molar-refractivity contribution in [2.75, 3.05) is 19.7 Å². The molecule has 3 heterocycles. The van der Waals surface area contributed by atoms with E-state index in [2.05, 4.69) is 16.4 Å². The normalized spacial score (nSPS) is 22.2. The highest BCUT2D eigenvalue weighted by Crippen LogP contribution is 2.31. The molecular weight excluding hydrogens is 314 g/mol. The van der Waals surface area contributed by atoms with Gasteiger partial charge in [0.15, 0.2) is 0 Å². The highest BCUT2D eigenvalue weighted by Gasteiger charge is 2.30. The van der Waals surface area contributed by atoms with Gasteiger partial charge in [-0.2, -0.15) is 0 Å². The predicted octanol–water partition coefficient (Wildman–Crippen LogP) is 3.18. The van der Waals surface area contributed by atoms with Gasteiger partial charge in [0.2, 0.25) is 0 Å². The molecular formula is C20H23N3O2. The lowest BCUT2D eigenvalue weighted by Gasteiger charge is -2.28. The third-order valence-corrected chi connectivity index (χ3v) is 5.10. The summed E-state index contributed by atoms with van der Waals surface area (Å²) in [6.07, 6.45) is 6.59. The molecule has 5 heteroatoms. The van der Waals surface area contributed by atoms with Gasteiger partial charge >= 0.3 is 6.03 Å². The first-order valence-corrected chi connectivity index (χ1v) is 8.96. The van der Waals surface area contributed by atoms with Crippen LogP contribution in [0.25, 0.3) is 0 Å². The maximum atomic E-state index is 12.7. The summed E-state index contributed by atoms with van der Waals surface area (Å²) in [7, 11) is 0. The fraction of sp³-hybridized carbons (Fsp3) is 0.400. The van der Waals surface area contributed by atoms with Crippen molar-refractivity contribution in [3.63, 3.8) is 0 Å². The average Bonchev–Trinajstić information content (AvgIpc) is 3.16. The molecule has 1 saturated heterocycles. The Hall–Kier alpha value is -2.56. The topological polar surface area (TPSA) is 54.5 Å². The average molecular weight is 337 g/mol. The number of carbonyl (C=O) groups excluding carboxylic acids is 1. The molecule has 130 valence electrons. The van der Waals surface area contributed by atoms with Crippen LogP contribution in [0.4, 0.5) is 4.79 Å². The second-order valence-corrected chi connectivity index (χ2v) is 6.81. The quantitative estimate of drug-likeness (QED) is 0.936. The van der Waals surface area contributed by atoms with Crippen molar-refractivity contribution >= 4 is 6.03 Å². The molecule has 1 aromatic carbocycles. The fourth-order valence-corrected chi connectivity index (χ4v) is 3.80. The molecule has 2 aromatic rings. The van der Waals surface area contributed by atoms with Gasteiger partial charge in [0.05, 0.1) is 12.6 Å². The molecule has 2 amide bonds. The van der Waals surface area contributed by atoms with Crippen LogP contribution in [0, 0.1) is 5.92 Å². The minimum absolute atomic E-state index is 0.0261. The monoisotopic (exact) mass is 337 g/mol. The number of urea groups is 1. The Kier molecular flexibility index (Phi) is 4.55. The zero-order valence-electron chi connectivity index (χ0n) is 14.2. The molecule has 4 rings (SSSR count). The summed E-state index contributed by atoms with van der Waals surface area (Å²) >= 11 is 0. The van der Waals surface area contributed by atoms with E-state index in [9.17, 15) is 4.79 Å². The number of hydrogen-bond acceptors (Lipinski definition) is 3. The largest absolute Gasteiger partial charge is 0.493 e. The van der Waals surface area contributed by atoms with Crippen molar-refractivity contribution in [1.29, 1.82) is 0 Å². The molecule has 0 spiro atoms. The van der Waals surface area contributed by atoms with Crippen LogP contribution in [-0.4, -0.2) is 35.6 Å². The zero-order chi connectivity index (χ0) is 17.1. The van der Waals surface area contributed by atoms with E-state index < -0.39 is 0 Å². The summed E-state index contributed by atoms with van der Waals surface area (Å²) in [5.41, 5.74) is 2.39. The molecule has 2 aliphatic heterocycles. The third kappa shape index (κ3) is 3.45. The van der Waals surface area contributed by atoms with Crippen molar-refractivity contribution in [2.45, 2.75) is 25.3 Å². The van der Waals surface area contributed by atoms with Gasteiger partial charge in [0.1, 0.15) is 5.75 Å². The number of likely N-dealkylation sites (tertiary alicyclic amines) is 1. The van der Waals surface area contributed by atoms with Crippen LogP contribution in [0.15, 0.2) is 48.8 Å². The number of hydrogen-bond donors (Lipinski definition) is 1. The first kappa shape index (κ1) is 15.9. The highest BCUT2D eigenvalue weighted by atomic mass is 16.5. The number of rotatable bonds is 3. The molecule has 1 fully saturated rings. The van der Waals surface area contributed by atoms with Gasteiger partial charge in [-0.3, -0.25) is 4.98 Å². The second kappa shape index (κ2) is 7.13. The van der Waals surface area contributed by atoms with Crippen LogP contribution in [-0.2, 0) is 6.42 Å². The van der Waals surface area contributed by atoms with Gasteiger partial charge in [0, 0.05) is 31.4 Å². The van der Waals surface area contributed by atoms with Crippen molar-refractivity contribution in [2.24, 2.45) is 5.92 Å². The van der Waals surface area contributed by atoms with E-state index >= 15 is 0 Å². The third-order valence-electron chi connectivity index (χ3n) is 5.10. The number of amides is 2. The SMILES string of the molecule is O=C(NC[C@H]1COc2ccccc2C1)N1CCC[C@@H]1c1ccncc1. The molecule has 2 aliphatic rings. The Morgan fingerprint density at radius 2 is 2.08 bits per heavy atom. The molecule has 0 saturated carbocycles. The standard InChI is InChI=1S/C20H23N3O2/c24-20(23-11-3-5-18(23)16-7-9-21-10-8-16)22-13-15-12-17-4-1-2-6-19(17)25-14-15/h1-2,4,6-10,15,18H,3,5,11-14H2,(H,22,24)/t15-,18+/m0/s1. The Labute approximate surface area is 148 Å². The molecule has 1 aromatic heterocycles. The van der Waals surface area contributed by atoms with Crippen molar-refractivity contribution in [3.05, 3.63) is 59.9 Å². The lowest BCUT2D eigenvalue weighted by atomic mass is 9.97. The Morgan fingerprint density at radius 1 is 1.24 bits per heavy atom. The summed E-state index contributed by atoms with van der Waals surface area (Å²) in [6.45, 7) is 2.11. The number of nitrogens with zero attached hydrogens (tertiary/aromatic N) is 2. The zero-order valence-corrected chi connectivity index (χ0v) is 14.2. The van der Waals surface area contributed by atoms with Gasteiger partial charge in [-0.05, 0) is 48.6 Å². The Bertz CT molecular complexity index is 735. The van der Waals surface area contributed by atoms with Crippen LogP contribution < -0.4 is 10.1 Å². The maximum absolute atomic E-state index is 12.7. The van der Waals surface area contributed by atoms with Gasteiger partial charge in [-0.15, -0.1) is 0 Å². The summed E-state index contributed by atoms with van der Waals surface area (Å²) in [4.78, 5) is 18.7. The van der Waals surface area contributed by atoms with E-state index in [1.807, 2.05) is 35.2 Å². The van der Waals surface area contributed by atoms with Crippen LogP contribution in [0.3, 0.4) is 0 Å². The molecule has 2 atom stereocenters.